The summed E-state index contributed by atoms with van der Waals surface area (Å²) in [5.74, 6) is 0.686. The Kier molecular flexibility index (Phi) is 9.06. The molecule has 1 atom stereocenters. The lowest BCUT2D eigenvalue weighted by molar-refractivity contribution is 0.0770. The SMILES string of the molecule is CC(C)CC(N)CNCCCOC(C)C. The van der Waals surface area contributed by atoms with Gasteiger partial charge in [-0.2, -0.15) is 0 Å². The molecule has 3 N–H and O–H groups in total. The van der Waals surface area contributed by atoms with Crippen LogP contribution in [0, 0.1) is 5.92 Å². The minimum atomic E-state index is 0.288. The zero-order valence-corrected chi connectivity index (χ0v) is 10.8. The fraction of sp³-hybridized carbons (Fsp3) is 1.00. The molecule has 3 heteroatoms. The van der Waals surface area contributed by atoms with E-state index in [1.807, 2.05) is 0 Å². The molecular weight excluding hydrogens is 188 g/mol. The molecule has 0 saturated heterocycles. The number of ether oxygens (including phenoxy) is 1. The largest absolute Gasteiger partial charge is 0.379 e. The molecule has 0 amide bonds. The van der Waals surface area contributed by atoms with Gasteiger partial charge in [0.05, 0.1) is 6.10 Å². The summed E-state index contributed by atoms with van der Waals surface area (Å²) in [6, 6.07) is 0.288. The molecule has 0 bridgehead atoms. The first kappa shape index (κ1) is 14.9. The topological polar surface area (TPSA) is 47.3 Å². The van der Waals surface area contributed by atoms with E-state index in [0.29, 0.717) is 12.0 Å². The molecule has 1 unspecified atom stereocenters. The number of nitrogens with two attached hydrogens (primary N) is 1. The van der Waals surface area contributed by atoms with Crippen molar-refractivity contribution in [2.24, 2.45) is 11.7 Å². The molecule has 0 aromatic heterocycles. The maximum atomic E-state index is 5.94. The van der Waals surface area contributed by atoms with Crippen LogP contribution in [0.25, 0.3) is 0 Å². The summed E-state index contributed by atoms with van der Waals surface area (Å²) in [5, 5.41) is 3.36. The Hall–Kier alpha value is -0.120. The van der Waals surface area contributed by atoms with Crippen LogP contribution in [0.2, 0.25) is 0 Å². The Balaban J connectivity index is 3.16. The first-order chi connectivity index (χ1) is 7.02. The molecule has 0 aliphatic carbocycles. The summed E-state index contributed by atoms with van der Waals surface area (Å²) in [6.07, 6.45) is 2.50. The van der Waals surface area contributed by atoms with Crippen LogP contribution in [0.4, 0.5) is 0 Å². The maximum Gasteiger partial charge on any atom is 0.0518 e. The Bertz CT molecular complexity index is 138. The molecule has 0 aliphatic rings. The smallest absolute Gasteiger partial charge is 0.0518 e. The van der Waals surface area contributed by atoms with Gasteiger partial charge in [-0.3, -0.25) is 0 Å². The molecule has 0 rings (SSSR count). The second-order valence-corrected chi connectivity index (χ2v) is 4.87. The monoisotopic (exact) mass is 216 g/mol. The number of rotatable bonds is 9. The summed E-state index contributed by atoms with van der Waals surface area (Å²) >= 11 is 0. The van der Waals surface area contributed by atoms with Crippen LogP contribution < -0.4 is 11.1 Å². The van der Waals surface area contributed by atoms with E-state index in [-0.39, 0.29) is 6.04 Å². The van der Waals surface area contributed by atoms with Gasteiger partial charge in [-0.1, -0.05) is 13.8 Å². The van der Waals surface area contributed by atoms with Gasteiger partial charge in [-0.05, 0) is 39.2 Å². The van der Waals surface area contributed by atoms with Crippen LogP contribution >= 0.6 is 0 Å². The zero-order valence-electron chi connectivity index (χ0n) is 10.8. The van der Waals surface area contributed by atoms with Crippen molar-refractivity contribution in [3.05, 3.63) is 0 Å². The average Bonchev–Trinajstić information content (AvgIpc) is 2.09. The van der Waals surface area contributed by atoms with Crippen LogP contribution in [-0.4, -0.2) is 31.8 Å². The maximum absolute atomic E-state index is 5.94. The van der Waals surface area contributed by atoms with E-state index >= 15 is 0 Å². The Labute approximate surface area is 94.8 Å². The highest BCUT2D eigenvalue weighted by molar-refractivity contribution is 4.66. The van der Waals surface area contributed by atoms with E-state index in [1.165, 1.54) is 0 Å². The first-order valence-corrected chi connectivity index (χ1v) is 6.10. The van der Waals surface area contributed by atoms with Crippen LogP contribution in [0.5, 0.6) is 0 Å². The predicted octanol–water partition coefficient (Wildman–Crippen LogP) is 1.76. The van der Waals surface area contributed by atoms with Crippen molar-refractivity contribution in [3.8, 4) is 0 Å². The lowest BCUT2D eigenvalue weighted by Crippen LogP contribution is -2.35. The molecule has 0 aliphatic heterocycles. The van der Waals surface area contributed by atoms with Crippen molar-refractivity contribution in [1.29, 1.82) is 0 Å². The fourth-order valence-corrected chi connectivity index (χ4v) is 1.49. The summed E-state index contributed by atoms with van der Waals surface area (Å²) in [5.41, 5.74) is 5.94. The summed E-state index contributed by atoms with van der Waals surface area (Å²) in [7, 11) is 0. The molecule has 0 aromatic carbocycles. The molecule has 0 heterocycles. The fourth-order valence-electron chi connectivity index (χ4n) is 1.49. The predicted molar refractivity (Wildman–Crippen MR) is 66.0 cm³/mol. The first-order valence-electron chi connectivity index (χ1n) is 6.10. The standard InChI is InChI=1S/C12H28N2O/c1-10(2)8-12(13)9-14-6-5-7-15-11(3)4/h10-12,14H,5-9,13H2,1-4H3. The molecule has 0 radical (unpaired) electrons. The Morgan fingerprint density at radius 2 is 1.87 bits per heavy atom. The highest BCUT2D eigenvalue weighted by Gasteiger charge is 2.04. The van der Waals surface area contributed by atoms with E-state index in [2.05, 4.69) is 33.0 Å². The van der Waals surface area contributed by atoms with Gasteiger partial charge in [0.15, 0.2) is 0 Å². The quantitative estimate of drug-likeness (QED) is 0.577. The van der Waals surface area contributed by atoms with E-state index < -0.39 is 0 Å². The number of hydrogen-bond donors (Lipinski definition) is 2. The van der Waals surface area contributed by atoms with Crippen molar-refractivity contribution in [3.63, 3.8) is 0 Å². The van der Waals surface area contributed by atoms with E-state index in [4.69, 9.17) is 10.5 Å². The number of hydrogen-bond acceptors (Lipinski definition) is 3. The Morgan fingerprint density at radius 1 is 1.20 bits per heavy atom. The van der Waals surface area contributed by atoms with Crippen molar-refractivity contribution in [1.82, 2.24) is 5.32 Å². The van der Waals surface area contributed by atoms with E-state index in [1.54, 1.807) is 0 Å². The van der Waals surface area contributed by atoms with Gasteiger partial charge in [-0.25, -0.2) is 0 Å². The van der Waals surface area contributed by atoms with Gasteiger partial charge in [0.25, 0.3) is 0 Å². The van der Waals surface area contributed by atoms with Gasteiger partial charge in [0.1, 0.15) is 0 Å². The van der Waals surface area contributed by atoms with Gasteiger partial charge < -0.3 is 15.8 Å². The second kappa shape index (κ2) is 9.13. The molecule has 0 spiro atoms. The molecule has 0 aromatic rings. The average molecular weight is 216 g/mol. The van der Waals surface area contributed by atoms with Gasteiger partial charge in [-0.15, -0.1) is 0 Å². The molecule has 15 heavy (non-hydrogen) atoms. The third-order valence-corrected chi connectivity index (χ3v) is 2.13. The molecule has 3 nitrogen and oxygen atoms in total. The van der Waals surface area contributed by atoms with E-state index in [9.17, 15) is 0 Å². The third-order valence-electron chi connectivity index (χ3n) is 2.13. The molecule has 0 saturated carbocycles. The number of nitrogens with one attached hydrogen (secondary N) is 1. The van der Waals surface area contributed by atoms with Gasteiger partial charge in [0, 0.05) is 19.2 Å². The van der Waals surface area contributed by atoms with Gasteiger partial charge >= 0.3 is 0 Å². The minimum Gasteiger partial charge on any atom is -0.379 e. The van der Waals surface area contributed by atoms with Crippen LogP contribution in [0.1, 0.15) is 40.5 Å². The van der Waals surface area contributed by atoms with Crippen LogP contribution in [0.3, 0.4) is 0 Å². The lowest BCUT2D eigenvalue weighted by Gasteiger charge is -2.15. The molecular formula is C12H28N2O. The summed E-state index contributed by atoms with van der Waals surface area (Å²) in [4.78, 5) is 0. The molecule has 92 valence electrons. The van der Waals surface area contributed by atoms with E-state index in [0.717, 1.165) is 32.5 Å². The normalized spacial score (nSPS) is 13.8. The zero-order chi connectivity index (χ0) is 11.7. The lowest BCUT2D eigenvalue weighted by atomic mass is 10.0. The molecule has 0 fully saturated rings. The van der Waals surface area contributed by atoms with Crippen molar-refractivity contribution < 1.29 is 4.74 Å². The summed E-state index contributed by atoms with van der Waals surface area (Å²) in [6.45, 7) is 11.3. The Morgan fingerprint density at radius 3 is 2.40 bits per heavy atom. The van der Waals surface area contributed by atoms with Crippen molar-refractivity contribution in [2.75, 3.05) is 19.7 Å². The summed E-state index contributed by atoms with van der Waals surface area (Å²) < 4.78 is 5.44. The third kappa shape index (κ3) is 11.8. The second-order valence-electron chi connectivity index (χ2n) is 4.87. The van der Waals surface area contributed by atoms with Gasteiger partial charge in [0.2, 0.25) is 0 Å². The minimum absolute atomic E-state index is 0.288. The van der Waals surface area contributed by atoms with Crippen LogP contribution in [0.15, 0.2) is 0 Å². The highest BCUT2D eigenvalue weighted by Crippen LogP contribution is 2.01. The van der Waals surface area contributed by atoms with Crippen molar-refractivity contribution >= 4 is 0 Å². The van der Waals surface area contributed by atoms with Crippen LogP contribution in [-0.2, 0) is 4.74 Å². The van der Waals surface area contributed by atoms with Crippen molar-refractivity contribution in [2.45, 2.75) is 52.7 Å². The highest BCUT2D eigenvalue weighted by atomic mass is 16.5.